The Balaban J connectivity index is 2.19. The van der Waals surface area contributed by atoms with E-state index in [1.165, 1.54) is 0 Å². The largest absolute Gasteiger partial charge is 0.278 e. The van der Waals surface area contributed by atoms with Crippen LogP contribution in [0.2, 0.25) is 0 Å². The Morgan fingerprint density at radius 1 is 0.944 bits per heavy atom. The van der Waals surface area contributed by atoms with Crippen molar-refractivity contribution in [2.24, 2.45) is 0 Å². The van der Waals surface area contributed by atoms with Crippen LogP contribution in [0.1, 0.15) is 5.82 Å². The molecule has 1 aromatic carbocycles. The minimum Gasteiger partial charge on any atom is -0.278 e. The summed E-state index contributed by atoms with van der Waals surface area (Å²) in [6, 6.07) is 13.9. The summed E-state index contributed by atoms with van der Waals surface area (Å²) in [6.07, 6.45) is 3.56. The first-order chi connectivity index (χ1) is 8.86. The van der Waals surface area contributed by atoms with E-state index in [9.17, 15) is 0 Å². The third-order valence-electron chi connectivity index (χ3n) is 2.76. The molecule has 4 heteroatoms. The smallest absolute Gasteiger partial charge is 0.168 e. The fourth-order valence-electron chi connectivity index (χ4n) is 1.93. The standard InChI is InChI=1S/C14H12N4/c1-11-16-17-14(12-6-3-2-4-7-12)18(11)13-8-5-9-15-10-13/h2-10H,1H3. The number of hydrogen-bond acceptors (Lipinski definition) is 3. The van der Waals surface area contributed by atoms with Gasteiger partial charge in [-0.25, -0.2) is 0 Å². The monoisotopic (exact) mass is 236 g/mol. The molecule has 0 radical (unpaired) electrons. The lowest BCUT2D eigenvalue weighted by Gasteiger charge is -2.07. The summed E-state index contributed by atoms with van der Waals surface area (Å²) in [5.74, 6) is 1.68. The number of nitrogens with zero attached hydrogens (tertiary/aromatic N) is 4. The van der Waals surface area contributed by atoms with Crippen molar-refractivity contribution in [1.29, 1.82) is 0 Å². The van der Waals surface area contributed by atoms with Crippen molar-refractivity contribution in [2.75, 3.05) is 0 Å². The summed E-state index contributed by atoms with van der Waals surface area (Å²) in [5.41, 5.74) is 2.01. The maximum absolute atomic E-state index is 4.25. The summed E-state index contributed by atoms with van der Waals surface area (Å²) in [6.45, 7) is 1.94. The Labute approximate surface area is 105 Å². The lowest BCUT2D eigenvalue weighted by Crippen LogP contribution is -2.00. The maximum atomic E-state index is 4.25. The molecule has 0 unspecified atom stereocenters. The van der Waals surface area contributed by atoms with E-state index in [0.717, 1.165) is 22.9 Å². The highest BCUT2D eigenvalue weighted by atomic mass is 15.3. The van der Waals surface area contributed by atoms with Crippen LogP contribution < -0.4 is 0 Å². The number of aromatic nitrogens is 4. The van der Waals surface area contributed by atoms with Gasteiger partial charge in [-0.1, -0.05) is 30.3 Å². The van der Waals surface area contributed by atoms with Crippen molar-refractivity contribution in [3.05, 3.63) is 60.7 Å². The van der Waals surface area contributed by atoms with Crippen LogP contribution in [-0.4, -0.2) is 19.7 Å². The predicted octanol–water partition coefficient (Wildman–Crippen LogP) is 2.64. The molecule has 2 heterocycles. The molecule has 88 valence electrons. The van der Waals surface area contributed by atoms with Gasteiger partial charge in [0.05, 0.1) is 11.9 Å². The average molecular weight is 236 g/mol. The van der Waals surface area contributed by atoms with Gasteiger partial charge in [0.2, 0.25) is 0 Å². The molecule has 18 heavy (non-hydrogen) atoms. The van der Waals surface area contributed by atoms with Crippen molar-refractivity contribution in [3.8, 4) is 17.1 Å². The van der Waals surface area contributed by atoms with Crippen molar-refractivity contribution in [1.82, 2.24) is 19.7 Å². The van der Waals surface area contributed by atoms with E-state index < -0.39 is 0 Å². The topological polar surface area (TPSA) is 43.6 Å². The van der Waals surface area contributed by atoms with Crippen LogP contribution in [0.3, 0.4) is 0 Å². The minimum atomic E-state index is 0.834. The van der Waals surface area contributed by atoms with Crippen LogP contribution in [0.15, 0.2) is 54.9 Å². The average Bonchev–Trinajstić information content (AvgIpc) is 2.83. The number of aryl methyl sites for hydroxylation is 1. The third kappa shape index (κ3) is 1.78. The normalized spacial score (nSPS) is 10.5. The second-order valence-corrected chi connectivity index (χ2v) is 3.98. The van der Waals surface area contributed by atoms with Gasteiger partial charge in [0.25, 0.3) is 0 Å². The molecule has 0 bridgehead atoms. The number of hydrogen-bond donors (Lipinski definition) is 0. The Hall–Kier alpha value is -2.49. The highest BCUT2D eigenvalue weighted by Crippen LogP contribution is 2.21. The SMILES string of the molecule is Cc1nnc(-c2ccccc2)n1-c1cccnc1. The molecule has 0 saturated heterocycles. The molecule has 0 amide bonds. The van der Waals surface area contributed by atoms with Crippen molar-refractivity contribution >= 4 is 0 Å². The summed E-state index contributed by atoms with van der Waals surface area (Å²) < 4.78 is 2.00. The van der Waals surface area contributed by atoms with Crippen LogP contribution in [-0.2, 0) is 0 Å². The highest BCUT2D eigenvalue weighted by Gasteiger charge is 2.11. The number of pyridine rings is 1. The van der Waals surface area contributed by atoms with Gasteiger partial charge in [-0.2, -0.15) is 0 Å². The van der Waals surface area contributed by atoms with E-state index in [0.29, 0.717) is 0 Å². The molecule has 0 fully saturated rings. The molecule has 0 aliphatic heterocycles. The number of benzene rings is 1. The second kappa shape index (κ2) is 4.41. The van der Waals surface area contributed by atoms with Gasteiger partial charge in [-0.15, -0.1) is 10.2 Å². The molecule has 0 aliphatic carbocycles. The van der Waals surface area contributed by atoms with Crippen LogP contribution >= 0.6 is 0 Å². The first kappa shape index (κ1) is 10.7. The molecule has 4 nitrogen and oxygen atoms in total. The van der Waals surface area contributed by atoms with Gasteiger partial charge < -0.3 is 0 Å². The van der Waals surface area contributed by atoms with Gasteiger partial charge in [-0.3, -0.25) is 9.55 Å². The third-order valence-corrected chi connectivity index (χ3v) is 2.76. The summed E-state index contributed by atoms with van der Waals surface area (Å²) in [4.78, 5) is 4.14. The Kier molecular flexibility index (Phi) is 2.61. The maximum Gasteiger partial charge on any atom is 0.168 e. The van der Waals surface area contributed by atoms with Crippen LogP contribution in [0, 0.1) is 6.92 Å². The van der Waals surface area contributed by atoms with Gasteiger partial charge in [-0.05, 0) is 19.1 Å². The molecule has 2 aromatic heterocycles. The van der Waals surface area contributed by atoms with E-state index in [1.54, 1.807) is 6.20 Å². The van der Waals surface area contributed by atoms with Crippen molar-refractivity contribution < 1.29 is 0 Å². The summed E-state index contributed by atoms with van der Waals surface area (Å²) >= 11 is 0. The molecule has 3 aromatic rings. The molecule has 3 rings (SSSR count). The molecule has 0 aliphatic rings. The van der Waals surface area contributed by atoms with Crippen LogP contribution in [0.5, 0.6) is 0 Å². The summed E-state index contributed by atoms with van der Waals surface area (Å²) in [7, 11) is 0. The Morgan fingerprint density at radius 2 is 1.78 bits per heavy atom. The van der Waals surface area contributed by atoms with Gasteiger partial charge >= 0.3 is 0 Å². The van der Waals surface area contributed by atoms with E-state index in [2.05, 4.69) is 15.2 Å². The summed E-state index contributed by atoms with van der Waals surface area (Å²) in [5, 5.41) is 8.40. The zero-order chi connectivity index (χ0) is 12.4. The quantitative estimate of drug-likeness (QED) is 0.687. The molecule has 0 spiro atoms. The van der Waals surface area contributed by atoms with Gasteiger partial charge in [0.1, 0.15) is 5.82 Å². The van der Waals surface area contributed by atoms with Gasteiger partial charge in [0.15, 0.2) is 5.82 Å². The zero-order valence-electron chi connectivity index (χ0n) is 9.99. The molecular formula is C14H12N4. The van der Waals surface area contributed by atoms with Crippen molar-refractivity contribution in [3.63, 3.8) is 0 Å². The second-order valence-electron chi connectivity index (χ2n) is 3.98. The molecule has 0 atom stereocenters. The lowest BCUT2D eigenvalue weighted by atomic mass is 10.2. The van der Waals surface area contributed by atoms with Crippen LogP contribution in [0.4, 0.5) is 0 Å². The van der Waals surface area contributed by atoms with E-state index in [-0.39, 0.29) is 0 Å². The van der Waals surface area contributed by atoms with Crippen molar-refractivity contribution in [2.45, 2.75) is 6.92 Å². The Bertz CT molecular complexity index is 644. The van der Waals surface area contributed by atoms with E-state index in [1.807, 2.05) is 60.2 Å². The minimum absolute atomic E-state index is 0.834. The first-order valence-corrected chi connectivity index (χ1v) is 5.74. The predicted molar refractivity (Wildman–Crippen MR) is 69.3 cm³/mol. The molecule has 0 saturated carbocycles. The first-order valence-electron chi connectivity index (χ1n) is 5.74. The van der Waals surface area contributed by atoms with E-state index >= 15 is 0 Å². The molecule has 0 N–H and O–H groups in total. The fourth-order valence-corrected chi connectivity index (χ4v) is 1.93. The highest BCUT2D eigenvalue weighted by molar-refractivity contribution is 5.58. The zero-order valence-corrected chi connectivity index (χ0v) is 9.99. The lowest BCUT2D eigenvalue weighted by molar-refractivity contribution is 0.964. The van der Waals surface area contributed by atoms with Crippen LogP contribution in [0.25, 0.3) is 17.1 Å². The van der Waals surface area contributed by atoms with Gasteiger partial charge in [0, 0.05) is 11.8 Å². The van der Waals surface area contributed by atoms with E-state index in [4.69, 9.17) is 0 Å². The fraction of sp³-hybridized carbons (Fsp3) is 0.0714. The molecular weight excluding hydrogens is 224 g/mol. The Morgan fingerprint density at radius 3 is 2.50 bits per heavy atom. The number of rotatable bonds is 2.